The van der Waals surface area contributed by atoms with Gasteiger partial charge in [-0.15, -0.1) is 0 Å². The Kier molecular flexibility index (Phi) is 9.44. The molecule has 1 saturated heterocycles. The minimum absolute atomic E-state index is 0.0947. The molecule has 14 heteroatoms. The first-order chi connectivity index (χ1) is 15.7. The fourth-order valence-corrected chi connectivity index (χ4v) is 5.29. The molecule has 3 unspecified atom stereocenters. The molecule has 0 radical (unpaired) electrons. The van der Waals surface area contributed by atoms with Gasteiger partial charge in [0.25, 0.3) is 5.19 Å². The summed E-state index contributed by atoms with van der Waals surface area (Å²) < 4.78 is 25.8. The van der Waals surface area contributed by atoms with Crippen LogP contribution < -0.4 is 17.1 Å². The number of nitrogens with two attached hydrogens (primary N) is 2. The van der Waals surface area contributed by atoms with Crippen LogP contribution in [0, 0.1) is 5.82 Å². The highest BCUT2D eigenvalue weighted by Crippen LogP contribution is 2.35. The van der Waals surface area contributed by atoms with Crippen LogP contribution in [0.25, 0.3) is 5.70 Å². The van der Waals surface area contributed by atoms with Crippen LogP contribution in [0.3, 0.4) is 0 Å². The summed E-state index contributed by atoms with van der Waals surface area (Å²) in [6.45, 7) is 2.54. The number of hydrogen-bond donors (Lipinski definition) is 4. The van der Waals surface area contributed by atoms with Crippen LogP contribution in [0.1, 0.15) is 12.6 Å². The monoisotopic (exact) mass is 539 g/mol. The molecule has 0 amide bonds. The number of thioether (sulfide) groups is 1. The molecule has 1 aromatic heterocycles. The van der Waals surface area contributed by atoms with Gasteiger partial charge >= 0.3 is 0 Å². The summed E-state index contributed by atoms with van der Waals surface area (Å²) in [7, 11) is 1.53. The van der Waals surface area contributed by atoms with Crippen molar-refractivity contribution < 1.29 is 23.8 Å². The third kappa shape index (κ3) is 7.07. The van der Waals surface area contributed by atoms with Gasteiger partial charge < -0.3 is 25.3 Å². The lowest BCUT2D eigenvalue weighted by atomic mass is 10.2. The van der Waals surface area contributed by atoms with Crippen molar-refractivity contribution in [2.24, 2.45) is 11.6 Å². The molecule has 33 heavy (non-hydrogen) atoms. The number of thiazole rings is 1. The van der Waals surface area contributed by atoms with Crippen LogP contribution in [0.2, 0.25) is 10.0 Å². The zero-order chi connectivity index (χ0) is 24.1. The van der Waals surface area contributed by atoms with Crippen LogP contribution in [-0.4, -0.2) is 59.0 Å². The molecule has 0 spiro atoms. The zero-order valence-corrected chi connectivity index (χ0v) is 20.8. The molecular formula is C19H24Cl2FN5O4S2. The summed E-state index contributed by atoms with van der Waals surface area (Å²) >= 11 is 14.2. The second-order valence-corrected chi connectivity index (χ2v) is 9.93. The van der Waals surface area contributed by atoms with E-state index in [1.807, 2.05) is 6.92 Å². The largest absolute Gasteiger partial charge is 0.486 e. The minimum atomic E-state index is -0.688. The van der Waals surface area contributed by atoms with E-state index < -0.39 is 17.4 Å². The molecule has 1 aliphatic rings. The SMILES string of the molecule is CO[C@@H](CN(N)/C=C(\N)c1csc(O)n1)C(OC1CNOC1C)Sc1cc(Cl)c(F)c(Cl)c1. The average molecular weight is 540 g/mol. The van der Waals surface area contributed by atoms with Crippen molar-refractivity contribution in [3.63, 3.8) is 0 Å². The molecule has 1 fully saturated rings. The van der Waals surface area contributed by atoms with E-state index >= 15 is 0 Å². The van der Waals surface area contributed by atoms with Crippen LogP contribution >= 0.6 is 46.3 Å². The number of aromatic hydroxyl groups is 1. The van der Waals surface area contributed by atoms with Crippen molar-refractivity contribution >= 4 is 52.0 Å². The van der Waals surface area contributed by atoms with Gasteiger partial charge in [0.2, 0.25) is 0 Å². The quantitative estimate of drug-likeness (QED) is 0.117. The van der Waals surface area contributed by atoms with Crippen molar-refractivity contribution in [3.8, 4) is 5.19 Å². The van der Waals surface area contributed by atoms with Crippen molar-refractivity contribution in [2.45, 2.75) is 35.6 Å². The van der Waals surface area contributed by atoms with Crippen LogP contribution in [0.15, 0.2) is 28.6 Å². The Hall–Kier alpha value is -1.35. The number of hydrogen-bond acceptors (Lipinski definition) is 11. The van der Waals surface area contributed by atoms with Crippen molar-refractivity contribution in [2.75, 3.05) is 20.2 Å². The summed E-state index contributed by atoms with van der Waals surface area (Å²) in [6.07, 6.45) is 0.462. The number of nitrogens with zero attached hydrogens (tertiary/aromatic N) is 2. The Balaban J connectivity index is 1.79. The molecule has 1 aliphatic heterocycles. The first-order valence-corrected chi connectivity index (χ1v) is 12.2. The Morgan fingerprint density at radius 2 is 2.21 bits per heavy atom. The van der Waals surface area contributed by atoms with Gasteiger partial charge in [0, 0.05) is 23.6 Å². The van der Waals surface area contributed by atoms with E-state index in [1.165, 1.54) is 42.2 Å². The second kappa shape index (κ2) is 11.9. The molecule has 9 nitrogen and oxygen atoms in total. The van der Waals surface area contributed by atoms with Crippen LogP contribution in [0.5, 0.6) is 5.19 Å². The lowest BCUT2D eigenvalue weighted by molar-refractivity contribution is -0.0724. The zero-order valence-electron chi connectivity index (χ0n) is 17.7. The highest BCUT2D eigenvalue weighted by Gasteiger charge is 2.33. The molecule has 0 saturated carbocycles. The van der Waals surface area contributed by atoms with Gasteiger partial charge in [0.1, 0.15) is 29.4 Å². The highest BCUT2D eigenvalue weighted by atomic mass is 35.5. The Bertz CT molecular complexity index is 962. The lowest BCUT2D eigenvalue weighted by Crippen LogP contribution is -2.44. The van der Waals surface area contributed by atoms with Crippen LogP contribution in [-0.2, 0) is 14.3 Å². The standard InChI is InChI=1S/C19H24Cl2FN5O4S2/c1-9-15(5-25-31-9)30-18(33-10-3-11(20)17(22)12(21)4-10)16(29-2)7-27(24)6-13(23)14-8-32-19(28)26-14/h3-4,6,8-9,15-16,18,25H,5,7,23-24H2,1-2H3,(H,26,28)/b13-6-/t9?,15?,16-,18?/m0/s1. The molecule has 0 aliphatic carbocycles. The number of aromatic nitrogens is 1. The van der Waals surface area contributed by atoms with Crippen LogP contribution in [0.4, 0.5) is 4.39 Å². The number of ether oxygens (including phenoxy) is 2. The van der Waals surface area contributed by atoms with Gasteiger partial charge in [-0.05, 0) is 19.1 Å². The number of nitrogens with one attached hydrogen (secondary N) is 1. The van der Waals surface area contributed by atoms with E-state index in [9.17, 15) is 9.50 Å². The van der Waals surface area contributed by atoms with E-state index in [1.54, 1.807) is 5.38 Å². The van der Waals surface area contributed by atoms with E-state index in [0.29, 0.717) is 17.1 Å². The number of benzene rings is 1. The Morgan fingerprint density at radius 1 is 1.52 bits per heavy atom. The average Bonchev–Trinajstić information content (AvgIpc) is 3.38. The van der Waals surface area contributed by atoms with Gasteiger partial charge in [0.05, 0.1) is 28.8 Å². The summed E-state index contributed by atoms with van der Waals surface area (Å²) in [4.78, 5) is 9.87. The van der Waals surface area contributed by atoms with Crippen molar-refractivity contribution in [1.82, 2.24) is 15.5 Å². The molecule has 3 rings (SSSR count). The van der Waals surface area contributed by atoms with Crippen molar-refractivity contribution in [3.05, 3.63) is 45.3 Å². The third-order valence-electron chi connectivity index (χ3n) is 4.69. The van der Waals surface area contributed by atoms with Crippen molar-refractivity contribution in [1.29, 1.82) is 0 Å². The van der Waals surface area contributed by atoms with Gasteiger partial charge in [-0.2, -0.15) is 5.48 Å². The minimum Gasteiger partial charge on any atom is -0.486 e. The van der Waals surface area contributed by atoms with Gasteiger partial charge in [0.15, 0.2) is 5.82 Å². The lowest BCUT2D eigenvalue weighted by Gasteiger charge is -2.31. The molecule has 1 aromatic carbocycles. The summed E-state index contributed by atoms with van der Waals surface area (Å²) in [5.41, 5.74) is 8.92. The summed E-state index contributed by atoms with van der Waals surface area (Å²) in [6, 6.07) is 2.94. The maximum Gasteiger partial charge on any atom is 0.271 e. The smallest absolute Gasteiger partial charge is 0.271 e. The summed E-state index contributed by atoms with van der Waals surface area (Å²) in [5, 5.41) is 12.1. The predicted octanol–water partition coefficient (Wildman–Crippen LogP) is 3.17. The molecule has 6 N–H and O–H groups in total. The fourth-order valence-electron chi connectivity index (χ4n) is 2.93. The second-order valence-electron chi connectivity index (χ2n) is 7.10. The summed E-state index contributed by atoms with van der Waals surface area (Å²) in [5.74, 6) is 5.46. The fraction of sp³-hybridized carbons (Fsp3) is 0.421. The van der Waals surface area contributed by atoms with E-state index in [-0.39, 0.29) is 39.7 Å². The van der Waals surface area contributed by atoms with Gasteiger partial charge in [-0.25, -0.2) is 15.2 Å². The van der Waals surface area contributed by atoms with E-state index in [4.69, 9.17) is 49.1 Å². The first kappa shape index (κ1) is 26.3. The van der Waals surface area contributed by atoms with Gasteiger partial charge in [-0.1, -0.05) is 46.3 Å². The molecule has 0 bridgehead atoms. The van der Waals surface area contributed by atoms with E-state index in [2.05, 4.69) is 10.5 Å². The number of hydrazine groups is 1. The first-order valence-electron chi connectivity index (χ1n) is 9.69. The highest BCUT2D eigenvalue weighted by molar-refractivity contribution is 7.99. The maximum atomic E-state index is 13.9. The molecule has 182 valence electrons. The molecule has 4 atom stereocenters. The number of methoxy groups -OCH3 is 1. The van der Waals surface area contributed by atoms with E-state index in [0.717, 1.165) is 11.3 Å². The topological polar surface area (TPSA) is 128 Å². The normalized spacial score (nSPS) is 20.7. The predicted molar refractivity (Wildman–Crippen MR) is 127 cm³/mol. The number of hydroxylamine groups is 1. The number of halogens is 3. The van der Waals surface area contributed by atoms with Gasteiger partial charge in [-0.3, -0.25) is 4.84 Å². The molecule has 2 heterocycles. The molecule has 2 aromatic rings. The third-order valence-corrected chi connectivity index (χ3v) is 7.03. The Morgan fingerprint density at radius 3 is 2.76 bits per heavy atom. The number of rotatable bonds is 10. The Labute approximate surface area is 208 Å². The maximum absolute atomic E-state index is 13.9. The molecular weight excluding hydrogens is 516 g/mol.